The first kappa shape index (κ1) is 67.7. The van der Waals surface area contributed by atoms with Crippen LogP contribution in [-0.4, -0.2) is 187 Å². The molecule has 24 heteroatoms. The Kier molecular flexibility index (Phi) is 27.6. The Hall–Kier alpha value is -6.76. The van der Waals surface area contributed by atoms with Crippen molar-refractivity contribution in [1.82, 2.24) is 56.7 Å². The van der Waals surface area contributed by atoms with Gasteiger partial charge in [-0.1, -0.05) is 79.5 Å². The summed E-state index contributed by atoms with van der Waals surface area (Å²) in [4.78, 5) is 140. The molecule has 2 aliphatic heterocycles. The number of benzene rings is 1. The van der Waals surface area contributed by atoms with E-state index in [1.165, 1.54) is 19.3 Å². The smallest absolute Gasteiger partial charge is 0.314 e. The minimum Gasteiger partial charge on any atom is -0.379 e. The molecular weight excluding hydrogens is 1060 g/mol. The van der Waals surface area contributed by atoms with Gasteiger partial charge in [-0.15, -0.1) is 0 Å². The minimum absolute atomic E-state index is 0.0332. The number of H-pyrrole nitrogens is 1. The summed E-state index contributed by atoms with van der Waals surface area (Å²) in [5.41, 5.74) is 12.4. The summed E-state index contributed by atoms with van der Waals surface area (Å²) in [6, 6.07) is 3.79. The molecule has 9 atom stereocenters. The number of hydrogen-bond acceptors (Lipinski definition) is 14. The number of urea groups is 1. The summed E-state index contributed by atoms with van der Waals surface area (Å²) >= 11 is 0. The minimum atomic E-state index is -0.988. The number of imide groups is 2. The number of amides is 11. The number of hydrazine groups is 1. The molecule has 0 spiro atoms. The SMILES string of the molecule is CC[C@H](C)[C@@H]([C@@H](CC(=O)N1CCC[C@H]1[C@H](OC)[C@@H](C)C(=O)N[C@@H](Cc1c[nH]c2ccccc12)C(N)=O)OC)N(C)[C@H](C(=O)NC(=O)[C@H](C(C)C)N(C)CCCC(=O)NNC(=O)CCCCCNC(=O)NCCN1C(=O)C=CC1=O)C(C)C. The van der Waals surface area contributed by atoms with Gasteiger partial charge in [0.25, 0.3) is 11.8 Å². The third-order valence-electron chi connectivity index (χ3n) is 15.8. The topological polar surface area (TPSA) is 316 Å². The molecule has 0 aliphatic carbocycles. The van der Waals surface area contributed by atoms with Crippen LogP contribution in [0.3, 0.4) is 0 Å². The Bertz CT molecular complexity index is 2520. The van der Waals surface area contributed by atoms with Crippen molar-refractivity contribution in [1.29, 1.82) is 0 Å². The Labute approximate surface area is 482 Å². The third kappa shape index (κ3) is 19.4. The molecule has 9 N–H and O–H groups in total. The number of nitrogens with zero attached hydrogens (tertiary/aromatic N) is 4. The standard InChI is InChI=1S/C58H92N12O12/c1-12-37(6)52(44(81-10)33-49(75)69-30-18-22-43(69)53(82-11)38(7)55(77)63-42(54(59)76)32-39-34-62-41-21-16-15-20-40(39)41)68(9)51(36(4)5)57(79)64-56(78)50(35(2)3)67(8)29-19-24-46(72)66-65-45(71)23-14-13-17-27-60-58(80)61-28-31-70-47(73)25-26-48(70)74/h15-16,20-21,25-26,34-38,42-44,50-53,62H,12-14,17-19,22-24,27-33H2,1-11H3,(H2,59,76)(H,63,77)(H,65,71)(H,66,72)(H2,60,61,80)(H,64,78,79)/t37-,38+,42-,43-,44+,50-,51-,52-,53+/m0/s1. The maximum Gasteiger partial charge on any atom is 0.314 e. The number of carbonyl (C=O) groups excluding carboxylic acids is 10. The van der Waals surface area contributed by atoms with Gasteiger partial charge in [-0.05, 0) is 82.1 Å². The molecular formula is C58H92N12O12. The number of para-hydroxylation sites is 1. The molecule has 0 unspecified atom stereocenters. The van der Waals surface area contributed by atoms with Gasteiger partial charge in [0.2, 0.25) is 41.4 Å². The monoisotopic (exact) mass is 1150 g/mol. The molecule has 0 radical (unpaired) electrons. The van der Waals surface area contributed by atoms with E-state index in [2.05, 4.69) is 37.1 Å². The fraction of sp³-hybridized carbons (Fsp3) is 0.655. The highest BCUT2D eigenvalue weighted by Crippen LogP contribution is 2.31. The largest absolute Gasteiger partial charge is 0.379 e. The van der Waals surface area contributed by atoms with Gasteiger partial charge < -0.3 is 41.0 Å². The fourth-order valence-corrected chi connectivity index (χ4v) is 11.3. The number of rotatable bonds is 34. The van der Waals surface area contributed by atoms with Crippen molar-refractivity contribution in [3.05, 3.63) is 48.2 Å². The molecule has 1 aromatic carbocycles. The van der Waals surface area contributed by atoms with Crippen LogP contribution >= 0.6 is 0 Å². The van der Waals surface area contributed by atoms with Crippen molar-refractivity contribution >= 4 is 70.1 Å². The molecule has 0 bridgehead atoms. The van der Waals surface area contributed by atoms with Gasteiger partial charge in [0.15, 0.2) is 0 Å². The highest BCUT2D eigenvalue weighted by molar-refractivity contribution is 6.12. The Morgan fingerprint density at radius 1 is 0.793 bits per heavy atom. The summed E-state index contributed by atoms with van der Waals surface area (Å²) < 4.78 is 12.1. The van der Waals surface area contributed by atoms with E-state index < -0.39 is 95.7 Å². The number of nitrogens with one attached hydrogen (secondary N) is 7. The molecule has 82 heavy (non-hydrogen) atoms. The van der Waals surface area contributed by atoms with Crippen LogP contribution in [0.15, 0.2) is 42.6 Å². The maximum atomic E-state index is 14.5. The maximum absolute atomic E-state index is 14.5. The van der Waals surface area contributed by atoms with Gasteiger partial charge in [-0.25, -0.2) is 4.79 Å². The molecule has 456 valence electrons. The zero-order valence-electron chi connectivity index (χ0n) is 50.0. The fourth-order valence-electron chi connectivity index (χ4n) is 11.3. The first-order chi connectivity index (χ1) is 38.9. The lowest BCUT2D eigenvalue weighted by atomic mass is 9.87. The number of hydrogen-bond donors (Lipinski definition) is 8. The zero-order chi connectivity index (χ0) is 60.8. The van der Waals surface area contributed by atoms with Crippen LogP contribution in [-0.2, 0) is 59.0 Å². The highest BCUT2D eigenvalue weighted by Gasteiger charge is 2.44. The quantitative estimate of drug-likeness (QED) is 0.0284. The number of nitrogens with two attached hydrogens (primary N) is 1. The van der Waals surface area contributed by atoms with Crippen LogP contribution in [0, 0.1) is 23.7 Å². The predicted octanol–water partition coefficient (Wildman–Crippen LogP) is 2.41. The van der Waals surface area contributed by atoms with E-state index in [-0.39, 0.29) is 68.3 Å². The molecule has 1 fully saturated rings. The zero-order valence-corrected chi connectivity index (χ0v) is 50.0. The number of aromatic amines is 1. The molecule has 2 aliphatic rings. The van der Waals surface area contributed by atoms with Crippen LogP contribution in [0.1, 0.15) is 118 Å². The lowest BCUT2D eigenvalue weighted by Crippen LogP contribution is -2.60. The van der Waals surface area contributed by atoms with Crippen molar-refractivity contribution in [3.8, 4) is 0 Å². The summed E-state index contributed by atoms with van der Waals surface area (Å²) in [6.07, 6.45) is 7.20. The number of fused-ring (bicyclic) bond motifs is 1. The number of ether oxygens (including phenoxy) is 2. The van der Waals surface area contributed by atoms with E-state index in [0.29, 0.717) is 64.6 Å². The summed E-state index contributed by atoms with van der Waals surface area (Å²) in [5.74, 6) is -5.24. The van der Waals surface area contributed by atoms with E-state index in [4.69, 9.17) is 15.2 Å². The second kappa shape index (κ2) is 33.4. The lowest BCUT2D eigenvalue weighted by molar-refractivity contribution is -0.144. The van der Waals surface area contributed by atoms with Crippen molar-refractivity contribution in [2.24, 2.45) is 29.4 Å². The van der Waals surface area contributed by atoms with Crippen LogP contribution in [0.25, 0.3) is 10.9 Å². The second-order valence-electron chi connectivity index (χ2n) is 22.4. The van der Waals surface area contributed by atoms with E-state index >= 15 is 0 Å². The normalized spacial score (nSPS) is 17.4. The average molecular weight is 1150 g/mol. The van der Waals surface area contributed by atoms with E-state index in [1.807, 2.05) is 77.8 Å². The molecule has 24 nitrogen and oxygen atoms in total. The average Bonchev–Trinajstić information content (AvgIpc) is 4.30. The molecule has 4 rings (SSSR count). The van der Waals surface area contributed by atoms with Crippen LogP contribution in [0.4, 0.5) is 4.79 Å². The van der Waals surface area contributed by atoms with Gasteiger partial charge in [-0.2, -0.15) is 0 Å². The van der Waals surface area contributed by atoms with E-state index in [9.17, 15) is 47.9 Å². The molecule has 3 heterocycles. The molecule has 0 saturated carbocycles. The summed E-state index contributed by atoms with van der Waals surface area (Å²) in [5, 5.41) is 11.7. The first-order valence-corrected chi connectivity index (χ1v) is 28.8. The second-order valence-corrected chi connectivity index (χ2v) is 22.4. The van der Waals surface area contributed by atoms with Crippen LogP contribution < -0.4 is 37.9 Å². The van der Waals surface area contributed by atoms with Gasteiger partial charge in [0, 0.05) is 95.0 Å². The first-order valence-electron chi connectivity index (χ1n) is 28.8. The van der Waals surface area contributed by atoms with Crippen LogP contribution in [0.5, 0.6) is 0 Å². The molecule has 11 amide bonds. The number of carbonyl (C=O) groups is 10. The molecule has 1 saturated heterocycles. The third-order valence-corrected chi connectivity index (χ3v) is 15.8. The molecule has 1 aromatic heterocycles. The number of likely N-dealkylation sites (tertiary alicyclic amines) is 1. The van der Waals surface area contributed by atoms with Crippen molar-refractivity contribution in [2.75, 3.05) is 61.0 Å². The number of aromatic nitrogens is 1. The number of likely N-dealkylation sites (N-methyl/N-ethyl adjacent to an activating group) is 2. The number of primary amides is 1. The Balaban J connectivity index is 1.26. The van der Waals surface area contributed by atoms with E-state index in [0.717, 1.165) is 21.4 Å². The number of methoxy groups -OCH3 is 2. The number of unbranched alkanes of at least 4 members (excludes halogenated alkanes) is 2. The van der Waals surface area contributed by atoms with Crippen LogP contribution in [0.2, 0.25) is 0 Å². The van der Waals surface area contributed by atoms with Crippen molar-refractivity contribution in [3.63, 3.8) is 0 Å². The van der Waals surface area contributed by atoms with Gasteiger partial charge in [0.05, 0.1) is 42.7 Å². The van der Waals surface area contributed by atoms with Crippen molar-refractivity contribution < 1.29 is 57.4 Å². The Morgan fingerprint density at radius 2 is 1.41 bits per heavy atom. The molecule has 2 aromatic rings. The predicted molar refractivity (Wildman–Crippen MR) is 309 cm³/mol. The van der Waals surface area contributed by atoms with Gasteiger partial charge in [-0.3, -0.25) is 74.0 Å². The summed E-state index contributed by atoms with van der Waals surface area (Å²) in [6.45, 7) is 14.6. The van der Waals surface area contributed by atoms with Gasteiger partial charge in [0.1, 0.15) is 6.04 Å². The van der Waals surface area contributed by atoms with Crippen molar-refractivity contribution in [2.45, 2.75) is 162 Å². The summed E-state index contributed by atoms with van der Waals surface area (Å²) in [7, 11) is 6.62. The highest BCUT2D eigenvalue weighted by atomic mass is 16.5. The Morgan fingerprint density at radius 3 is 2.02 bits per heavy atom. The lowest BCUT2D eigenvalue weighted by Gasteiger charge is -2.43. The van der Waals surface area contributed by atoms with E-state index in [1.54, 1.807) is 37.1 Å². The van der Waals surface area contributed by atoms with Gasteiger partial charge >= 0.3 is 6.03 Å².